The highest BCUT2D eigenvalue weighted by molar-refractivity contribution is 5.33. The molecule has 3 rings (SSSR count). The highest BCUT2D eigenvalue weighted by Crippen LogP contribution is 2.11. The lowest BCUT2D eigenvalue weighted by atomic mass is 10.2. The Morgan fingerprint density at radius 1 is 1.25 bits per heavy atom. The van der Waals surface area contributed by atoms with Gasteiger partial charge >= 0.3 is 0 Å². The quantitative estimate of drug-likeness (QED) is 0.780. The Morgan fingerprint density at radius 2 is 2.05 bits per heavy atom. The molecule has 3 aromatic rings. The van der Waals surface area contributed by atoms with Gasteiger partial charge in [0.25, 0.3) is 0 Å². The summed E-state index contributed by atoms with van der Waals surface area (Å²) in [4.78, 5) is 0. The molecule has 1 aromatic carbocycles. The Morgan fingerprint density at radius 3 is 2.65 bits per heavy atom. The van der Waals surface area contributed by atoms with Crippen LogP contribution in [-0.4, -0.2) is 29.9 Å². The van der Waals surface area contributed by atoms with E-state index in [4.69, 9.17) is 0 Å². The fourth-order valence-electron chi connectivity index (χ4n) is 1.94. The number of rotatable bonds is 4. The maximum atomic E-state index is 9.42. The van der Waals surface area contributed by atoms with Crippen molar-refractivity contribution in [2.24, 2.45) is 0 Å². The first-order chi connectivity index (χ1) is 9.72. The Kier molecular flexibility index (Phi) is 3.30. The Hall–Kier alpha value is -2.47. The van der Waals surface area contributed by atoms with Gasteiger partial charge in [0, 0.05) is 12.4 Å². The summed E-state index contributed by atoms with van der Waals surface area (Å²) in [7, 11) is 0. The summed E-state index contributed by atoms with van der Waals surface area (Å²) < 4.78 is 3.52. The average Bonchev–Trinajstić information content (AvgIpc) is 3.10. The SMILES string of the molecule is CC(O)c1cn(Cc2ccc(-n3cccn3)cc2)nn1. The monoisotopic (exact) mass is 269 g/mol. The average molecular weight is 269 g/mol. The topological polar surface area (TPSA) is 68.8 Å². The van der Waals surface area contributed by atoms with E-state index < -0.39 is 6.10 Å². The molecule has 0 saturated heterocycles. The molecule has 0 aliphatic carbocycles. The van der Waals surface area contributed by atoms with Crippen LogP contribution < -0.4 is 0 Å². The molecule has 20 heavy (non-hydrogen) atoms. The Balaban J connectivity index is 1.74. The number of nitrogens with zero attached hydrogens (tertiary/aromatic N) is 5. The third-order valence-corrected chi connectivity index (χ3v) is 3.03. The first-order valence-corrected chi connectivity index (χ1v) is 6.39. The second kappa shape index (κ2) is 5.26. The summed E-state index contributed by atoms with van der Waals surface area (Å²) in [6.45, 7) is 2.30. The molecule has 1 atom stereocenters. The van der Waals surface area contributed by atoms with Gasteiger partial charge < -0.3 is 5.11 Å². The zero-order valence-corrected chi connectivity index (χ0v) is 11.1. The highest BCUT2D eigenvalue weighted by Gasteiger charge is 2.06. The largest absolute Gasteiger partial charge is 0.387 e. The second-order valence-corrected chi connectivity index (χ2v) is 4.63. The smallest absolute Gasteiger partial charge is 0.111 e. The summed E-state index contributed by atoms with van der Waals surface area (Å²) in [5.74, 6) is 0. The van der Waals surface area contributed by atoms with Gasteiger partial charge in [0.2, 0.25) is 0 Å². The predicted octanol–water partition coefficient (Wildman–Crippen LogP) is 1.57. The minimum Gasteiger partial charge on any atom is -0.387 e. The first kappa shape index (κ1) is 12.6. The maximum Gasteiger partial charge on any atom is 0.111 e. The van der Waals surface area contributed by atoms with E-state index in [9.17, 15) is 5.11 Å². The molecule has 0 aliphatic rings. The molecule has 1 N–H and O–H groups in total. The van der Waals surface area contributed by atoms with Gasteiger partial charge in [-0.3, -0.25) is 0 Å². The van der Waals surface area contributed by atoms with E-state index in [1.165, 1.54) is 0 Å². The van der Waals surface area contributed by atoms with Crippen LogP contribution in [0.1, 0.15) is 24.3 Å². The minimum atomic E-state index is -0.592. The molecule has 1 unspecified atom stereocenters. The minimum absolute atomic E-state index is 0.582. The molecule has 102 valence electrons. The van der Waals surface area contributed by atoms with E-state index in [2.05, 4.69) is 15.4 Å². The van der Waals surface area contributed by atoms with Crippen LogP contribution >= 0.6 is 0 Å². The van der Waals surface area contributed by atoms with Crippen molar-refractivity contribution in [3.05, 3.63) is 60.2 Å². The molecule has 0 saturated carbocycles. The van der Waals surface area contributed by atoms with E-state index >= 15 is 0 Å². The molecular weight excluding hydrogens is 254 g/mol. The fourth-order valence-corrected chi connectivity index (χ4v) is 1.94. The van der Waals surface area contributed by atoms with Crippen molar-refractivity contribution in [2.75, 3.05) is 0 Å². The Labute approximate surface area is 116 Å². The van der Waals surface area contributed by atoms with Gasteiger partial charge in [0.1, 0.15) is 5.69 Å². The fraction of sp³-hybridized carbons (Fsp3) is 0.214. The maximum absolute atomic E-state index is 9.42. The molecule has 6 nitrogen and oxygen atoms in total. The Bertz CT molecular complexity index is 670. The first-order valence-electron chi connectivity index (χ1n) is 6.39. The van der Waals surface area contributed by atoms with Crippen LogP contribution in [0, 0.1) is 0 Å². The third-order valence-electron chi connectivity index (χ3n) is 3.03. The van der Waals surface area contributed by atoms with Crippen LogP contribution in [0.5, 0.6) is 0 Å². The van der Waals surface area contributed by atoms with Crippen molar-refractivity contribution in [3.63, 3.8) is 0 Å². The number of benzene rings is 1. The number of hydrogen-bond acceptors (Lipinski definition) is 4. The lowest BCUT2D eigenvalue weighted by Crippen LogP contribution is -2.01. The third kappa shape index (κ3) is 2.60. The van der Waals surface area contributed by atoms with Crippen molar-refractivity contribution < 1.29 is 5.11 Å². The zero-order valence-electron chi connectivity index (χ0n) is 11.1. The van der Waals surface area contributed by atoms with Crippen LogP contribution in [-0.2, 0) is 6.54 Å². The van der Waals surface area contributed by atoms with Crippen LogP contribution in [0.4, 0.5) is 0 Å². The standard InChI is InChI=1S/C14H15N5O/c1-11(20)14-10-18(17-16-14)9-12-3-5-13(6-4-12)19-8-2-7-15-19/h2-8,10-11,20H,9H2,1H3. The summed E-state index contributed by atoms with van der Waals surface area (Å²) in [5, 5.41) is 21.5. The zero-order chi connectivity index (χ0) is 13.9. The molecule has 2 aromatic heterocycles. The lowest BCUT2D eigenvalue weighted by Gasteiger charge is -2.04. The van der Waals surface area contributed by atoms with Crippen LogP contribution in [0.2, 0.25) is 0 Å². The summed E-state index contributed by atoms with van der Waals surface area (Å²) >= 11 is 0. The van der Waals surface area contributed by atoms with E-state index in [1.54, 1.807) is 24.0 Å². The van der Waals surface area contributed by atoms with Crippen molar-refractivity contribution in [3.8, 4) is 5.69 Å². The highest BCUT2D eigenvalue weighted by atomic mass is 16.3. The lowest BCUT2D eigenvalue weighted by molar-refractivity contribution is 0.194. The van der Waals surface area contributed by atoms with Crippen LogP contribution in [0.15, 0.2) is 48.9 Å². The van der Waals surface area contributed by atoms with Gasteiger partial charge in [-0.25, -0.2) is 9.36 Å². The van der Waals surface area contributed by atoms with Gasteiger partial charge in [-0.15, -0.1) is 5.10 Å². The number of aliphatic hydroxyl groups excluding tert-OH is 1. The van der Waals surface area contributed by atoms with Gasteiger partial charge in [-0.2, -0.15) is 5.10 Å². The molecule has 6 heteroatoms. The van der Waals surface area contributed by atoms with Gasteiger partial charge in [0.05, 0.1) is 24.5 Å². The number of aromatic nitrogens is 5. The molecule has 0 amide bonds. The molecular formula is C14H15N5O. The van der Waals surface area contributed by atoms with Gasteiger partial charge in [-0.1, -0.05) is 17.3 Å². The van der Waals surface area contributed by atoms with E-state index in [0.717, 1.165) is 11.3 Å². The normalized spacial score (nSPS) is 12.5. The summed E-state index contributed by atoms with van der Waals surface area (Å²) in [5.41, 5.74) is 2.71. The summed E-state index contributed by atoms with van der Waals surface area (Å²) in [6, 6.07) is 9.96. The van der Waals surface area contributed by atoms with Gasteiger partial charge in [0.15, 0.2) is 0 Å². The summed E-state index contributed by atoms with van der Waals surface area (Å²) in [6.07, 6.45) is 4.82. The van der Waals surface area contributed by atoms with Crippen LogP contribution in [0.25, 0.3) is 5.69 Å². The second-order valence-electron chi connectivity index (χ2n) is 4.63. The van der Waals surface area contributed by atoms with E-state index in [1.807, 2.05) is 41.2 Å². The van der Waals surface area contributed by atoms with Crippen molar-refractivity contribution >= 4 is 0 Å². The molecule has 0 radical (unpaired) electrons. The molecule has 0 spiro atoms. The van der Waals surface area contributed by atoms with Crippen molar-refractivity contribution in [1.29, 1.82) is 0 Å². The number of hydrogen-bond donors (Lipinski definition) is 1. The van der Waals surface area contributed by atoms with E-state index in [-0.39, 0.29) is 0 Å². The van der Waals surface area contributed by atoms with Crippen LogP contribution in [0.3, 0.4) is 0 Å². The van der Waals surface area contributed by atoms with E-state index in [0.29, 0.717) is 12.2 Å². The van der Waals surface area contributed by atoms with Crippen molar-refractivity contribution in [2.45, 2.75) is 19.6 Å². The molecule has 0 bridgehead atoms. The molecule has 0 fully saturated rings. The predicted molar refractivity (Wildman–Crippen MR) is 73.3 cm³/mol. The number of aliphatic hydroxyl groups is 1. The van der Waals surface area contributed by atoms with Gasteiger partial charge in [-0.05, 0) is 30.7 Å². The molecule has 2 heterocycles. The molecule has 0 aliphatic heterocycles. The van der Waals surface area contributed by atoms with Crippen molar-refractivity contribution in [1.82, 2.24) is 24.8 Å².